The number of carbonyl (C=O) groups excluding carboxylic acids is 4. The van der Waals surface area contributed by atoms with E-state index in [2.05, 4.69) is 26.3 Å². The molecular formula is C37H49N7O8. The van der Waals surface area contributed by atoms with Gasteiger partial charge in [0.05, 0.1) is 24.9 Å². The summed E-state index contributed by atoms with van der Waals surface area (Å²) >= 11 is 0. The van der Waals surface area contributed by atoms with Crippen molar-refractivity contribution in [2.24, 2.45) is 11.1 Å². The third kappa shape index (κ3) is 12.6. The summed E-state index contributed by atoms with van der Waals surface area (Å²) in [6.45, 7) is 4.95. The Morgan fingerprint density at radius 2 is 1.50 bits per heavy atom. The molecule has 0 bridgehead atoms. The first kappa shape index (κ1) is 40.7. The van der Waals surface area contributed by atoms with Gasteiger partial charge in [-0.05, 0) is 47.9 Å². The molecule has 1 heterocycles. The van der Waals surface area contributed by atoms with Gasteiger partial charge in [-0.15, -0.1) is 0 Å². The van der Waals surface area contributed by atoms with Crippen LogP contribution < -0.4 is 27.0 Å². The summed E-state index contributed by atoms with van der Waals surface area (Å²) in [5.74, 6) is -1.29. The summed E-state index contributed by atoms with van der Waals surface area (Å²) in [5.41, 5.74) is 7.74. The Kier molecular flexibility index (Phi) is 14.9. The molecule has 0 radical (unpaired) electrons. The minimum absolute atomic E-state index is 0.0560. The number of methoxy groups -OCH3 is 1. The van der Waals surface area contributed by atoms with Crippen molar-refractivity contribution in [2.45, 2.75) is 70.3 Å². The molecule has 6 amide bonds. The van der Waals surface area contributed by atoms with Crippen LogP contribution in [0.3, 0.4) is 0 Å². The second-order valence-corrected chi connectivity index (χ2v) is 13.5. The van der Waals surface area contributed by atoms with Crippen LogP contribution in [-0.4, -0.2) is 101 Å². The van der Waals surface area contributed by atoms with Gasteiger partial charge < -0.3 is 42.0 Å². The molecule has 52 heavy (non-hydrogen) atoms. The lowest BCUT2D eigenvalue weighted by Crippen LogP contribution is -2.58. The largest absolute Gasteiger partial charge is 0.465 e. The van der Waals surface area contributed by atoms with Crippen molar-refractivity contribution in [2.75, 3.05) is 20.7 Å². The van der Waals surface area contributed by atoms with Crippen LogP contribution in [0.25, 0.3) is 11.3 Å². The number of rotatable bonds is 16. The summed E-state index contributed by atoms with van der Waals surface area (Å²) in [4.78, 5) is 68.0. The minimum Gasteiger partial charge on any atom is -0.465 e. The van der Waals surface area contributed by atoms with Gasteiger partial charge in [0.2, 0.25) is 11.8 Å². The van der Waals surface area contributed by atoms with Gasteiger partial charge in [-0.25, -0.2) is 14.4 Å². The lowest BCUT2D eigenvalue weighted by atomic mass is 9.85. The number of nitrogens with one attached hydrogen (secondary N) is 4. The summed E-state index contributed by atoms with van der Waals surface area (Å²) < 4.78 is 4.76. The lowest BCUT2D eigenvalue weighted by molar-refractivity contribution is -0.128. The average Bonchev–Trinajstić information content (AvgIpc) is 3.10. The van der Waals surface area contributed by atoms with E-state index >= 15 is 0 Å². The van der Waals surface area contributed by atoms with Gasteiger partial charge in [0.25, 0.3) is 0 Å². The molecule has 3 aromatic rings. The van der Waals surface area contributed by atoms with E-state index in [1.165, 1.54) is 14.2 Å². The molecule has 0 unspecified atom stereocenters. The zero-order valence-electron chi connectivity index (χ0n) is 30.0. The standard InChI is InChI=1S/C37H49N7O8/c1-37(2,3)31(43-35(49)52-5)33(47)41-26(19-24-14-16-25(17-15-24)27-13-9-10-18-39-27)21-30(45)28(20-23-11-7-6-8-12-23)42-32(46)29(22-40-34(38)48)44(4)36(50)51/h6-18,26,28-31,45H,19-22H2,1-5H3,(H,41,47)(H,42,46)(H,43,49)(H,50,51)(H3,38,40,48)/t26-,28-,29-,30-,31+/m0/s1. The Hall–Kier alpha value is -5.70. The maximum atomic E-state index is 13.8. The lowest BCUT2D eigenvalue weighted by Gasteiger charge is -2.33. The maximum Gasteiger partial charge on any atom is 0.407 e. The van der Waals surface area contributed by atoms with E-state index in [-0.39, 0.29) is 19.3 Å². The van der Waals surface area contributed by atoms with Crippen LogP contribution in [0.2, 0.25) is 0 Å². The average molecular weight is 720 g/mol. The summed E-state index contributed by atoms with van der Waals surface area (Å²) in [5, 5.41) is 32.1. The first-order valence-electron chi connectivity index (χ1n) is 16.8. The Bertz CT molecular complexity index is 1640. The van der Waals surface area contributed by atoms with Gasteiger partial charge in [0.15, 0.2) is 0 Å². The number of nitrogens with zero attached hydrogens (tertiary/aromatic N) is 2. The summed E-state index contributed by atoms with van der Waals surface area (Å²) in [6, 6.07) is 17.3. The number of aliphatic hydroxyl groups is 1. The quantitative estimate of drug-likeness (QED) is 0.115. The number of likely N-dealkylation sites (N-methyl/N-ethyl adjacent to an activating group) is 1. The number of carbonyl (C=O) groups is 5. The second kappa shape index (κ2) is 19.1. The van der Waals surface area contributed by atoms with Crippen LogP contribution >= 0.6 is 0 Å². The van der Waals surface area contributed by atoms with Crippen molar-refractivity contribution >= 4 is 30.0 Å². The number of aliphatic hydroxyl groups excluding tert-OH is 1. The van der Waals surface area contributed by atoms with E-state index < -0.39 is 72.3 Å². The van der Waals surface area contributed by atoms with Crippen molar-refractivity contribution in [3.63, 3.8) is 0 Å². The van der Waals surface area contributed by atoms with E-state index in [1.54, 1.807) is 39.1 Å². The predicted octanol–water partition coefficient (Wildman–Crippen LogP) is 2.67. The molecular weight excluding hydrogens is 670 g/mol. The summed E-state index contributed by atoms with van der Waals surface area (Å²) in [6.07, 6.45) is -1.42. The number of pyridine rings is 1. The zero-order valence-corrected chi connectivity index (χ0v) is 30.0. The molecule has 15 heteroatoms. The van der Waals surface area contributed by atoms with Crippen molar-refractivity contribution in [1.82, 2.24) is 31.2 Å². The highest BCUT2D eigenvalue weighted by Crippen LogP contribution is 2.22. The van der Waals surface area contributed by atoms with Crippen molar-refractivity contribution < 1.29 is 38.9 Å². The van der Waals surface area contributed by atoms with Crippen LogP contribution in [-0.2, 0) is 27.2 Å². The molecule has 8 N–H and O–H groups in total. The number of amides is 6. The smallest absolute Gasteiger partial charge is 0.407 e. The molecule has 1 aromatic heterocycles. The first-order valence-corrected chi connectivity index (χ1v) is 16.8. The number of aromatic nitrogens is 1. The molecule has 0 saturated carbocycles. The third-order valence-electron chi connectivity index (χ3n) is 8.48. The number of hydrogen-bond acceptors (Lipinski definition) is 8. The number of alkyl carbamates (subject to hydrolysis) is 1. The van der Waals surface area contributed by atoms with Gasteiger partial charge in [-0.2, -0.15) is 0 Å². The Labute approximate surface area is 303 Å². The van der Waals surface area contributed by atoms with Crippen molar-refractivity contribution in [3.05, 3.63) is 90.1 Å². The number of primary amides is 1. The second-order valence-electron chi connectivity index (χ2n) is 13.5. The van der Waals surface area contributed by atoms with E-state index in [0.717, 1.165) is 27.3 Å². The molecule has 2 aromatic carbocycles. The predicted molar refractivity (Wildman–Crippen MR) is 194 cm³/mol. The molecule has 0 fully saturated rings. The van der Waals surface area contributed by atoms with Gasteiger partial charge in [-0.3, -0.25) is 19.5 Å². The Balaban J connectivity index is 1.96. The molecule has 0 aliphatic heterocycles. The highest BCUT2D eigenvalue weighted by Gasteiger charge is 2.36. The third-order valence-corrected chi connectivity index (χ3v) is 8.48. The molecule has 15 nitrogen and oxygen atoms in total. The molecule has 0 spiro atoms. The zero-order chi connectivity index (χ0) is 38.4. The minimum atomic E-state index is -1.42. The topological polar surface area (TPSA) is 225 Å². The molecule has 0 aliphatic carbocycles. The molecule has 0 saturated heterocycles. The van der Waals surface area contributed by atoms with Gasteiger partial charge in [0.1, 0.15) is 12.1 Å². The fraction of sp³-hybridized carbons (Fsp3) is 0.405. The van der Waals surface area contributed by atoms with Crippen LogP contribution in [0, 0.1) is 5.41 Å². The highest BCUT2D eigenvalue weighted by atomic mass is 16.5. The number of benzene rings is 2. The molecule has 0 aliphatic rings. The Morgan fingerprint density at radius 3 is 2.06 bits per heavy atom. The van der Waals surface area contributed by atoms with E-state index in [1.807, 2.05) is 60.7 Å². The molecule has 5 atom stereocenters. The summed E-state index contributed by atoms with van der Waals surface area (Å²) in [7, 11) is 2.38. The highest BCUT2D eigenvalue weighted by molar-refractivity contribution is 5.87. The number of hydrogen-bond donors (Lipinski definition) is 7. The number of carboxylic acid groups (broad SMARTS) is 1. The van der Waals surface area contributed by atoms with Gasteiger partial charge in [-0.1, -0.05) is 81.4 Å². The normalized spacial score (nSPS) is 14.0. The van der Waals surface area contributed by atoms with Crippen molar-refractivity contribution in [1.29, 1.82) is 0 Å². The Morgan fingerprint density at radius 1 is 0.865 bits per heavy atom. The van der Waals surface area contributed by atoms with Crippen molar-refractivity contribution in [3.8, 4) is 11.3 Å². The van der Waals surface area contributed by atoms with Crippen LogP contribution in [0.5, 0.6) is 0 Å². The van der Waals surface area contributed by atoms with E-state index in [0.29, 0.717) is 0 Å². The van der Waals surface area contributed by atoms with E-state index in [9.17, 15) is 34.2 Å². The van der Waals surface area contributed by atoms with Gasteiger partial charge >= 0.3 is 18.2 Å². The van der Waals surface area contributed by atoms with Gasteiger partial charge in [0, 0.05) is 31.4 Å². The van der Waals surface area contributed by atoms with Crippen LogP contribution in [0.4, 0.5) is 14.4 Å². The van der Waals surface area contributed by atoms with Crippen LogP contribution in [0.15, 0.2) is 79.0 Å². The molecule has 3 rings (SSSR count). The molecule has 280 valence electrons. The fourth-order valence-electron chi connectivity index (χ4n) is 5.58. The number of nitrogens with two attached hydrogens (primary N) is 1. The fourth-order valence-corrected chi connectivity index (χ4v) is 5.58. The SMILES string of the molecule is COC(=O)N[C@H](C(=O)N[C@@H](Cc1ccc(-c2ccccn2)cc1)C[C@H](O)[C@H](Cc1ccccc1)NC(=O)[C@H](CNC(N)=O)N(C)C(=O)O)C(C)(C)C. The maximum absolute atomic E-state index is 13.8. The first-order chi connectivity index (χ1) is 24.6. The number of ether oxygens (including phenoxy) is 1. The monoisotopic (exact) mass is 719 g/mol. The van der Waals surface area contributed by atoms with E-state index in [4.69, 9.17) is 10.5 Å². The van der Waals surface area contributed by atoms with Crippen LogP contribution in [0.1, 0.15) is 38.3 Å². The number of urea groups is 1.